The van der Waals surface area contributed by atoms with Crippen molar-refractivity contribution in [1.29, 1.82) is 0 Å². The van der Waals surface area contributed by atoms with E-state index in [9.17, 15) is 4.39 Å². The fourth-order valence-electron chi connectivity index (χ4n) is 2.05. The van der Waals surface area contributed by atoms with Crippen molar-refractivity contribution in [2.24, 2.45) is 0 Å². The van der Waals surface area contributed by atoms with Crippen molar-refractivity contribution in [3.05, 3.63) is 52.2 Å². The lowest BCUT2D eigenvalue weighted by atomic mass is 10.1. The van der Waals surface area contributed by atoms with E-state index in [0.29, 0.717) is 5.69 Å². The van der Waals surface area contributed by atoms with Crippen LogP contribution in [0.4, 0.5) is 4.39 Å². The summed E-state index contributed by atoms with van der Waals surface area (Å²) in [6, 6.07) is 7.28. The van der Waals surface area contributed by atoms with Crippen molar-refractivity contribution >= 4 is 11.3 Å². The fraction of sp³-hybridized carbons (Fsp3) is 0.400. The molecule has 0 bridgehead atoms. The highest BCUT2D eigenvalue weighted by molar-refractivity contribution is 7.09. The summed E-state index contributed by atoms with van der Waals surface area (Å²) in [5.41, 5.74) is 0.535. The molecule has 0 fully saturated rings. The normalized spacial score (nSPS) is 12.5. The van der Waals surface area contributed by atoms with Crippen molar-refractivity contribution in [1.82, 2.24) is 10.3 Å². The Morgan fingerprint density at radius 2 is 2.26 bits per heavy atom. The lowest BCUT2D eigenvalue weighted by Crippen LogP contribution is -2.24. The molecule has 102 valence electrons. The van der Waals surface area contributed by atoms with Gasteiger partial charge in [-0.25, -0.2) is 4.39 Å². The van der Waals surface area contributed by atoms with Gasteiger partial charge in [0, 0.05) is 11.1 Å². The fourth-order valence-corrected chi connectivity index (χ4v) is 2.77. The van der Waals surface area contributed by atoms with Crippen molar-refractivity contribution in [2.45, 2.75) is 32.2 Å². The minimum absolute atomic E-state index is 0.0109. The molecular weight excluding hydrogens is 259 g/mol. The number of aromatic nitrogens is 1. The number of hydrogen-bond acceptors (Lipinski definition) is 3. The zero-order valence-corrected chi connectivity index (χ0v) is 11.9. The molecule has 1 N–H and O–H groups in total. The topological polar surface area (TPSA) is 24.9 Å². The lowest BCUT2D eigenvalue weighted by molar-refractivity contribution is 0.461. The first kappa shape index (κ1) is 14.2. The maximum atomic E-state index is 13.8. The first-order valence-electron chi connectivity index (χ1n) is 6.67. The van der Waals surface area contributed by atoms with E-state index in [2.05, 4.69) is 34.7 Å². The Morgan fingerprint density at radius 1 is 1.37 bits per heavy atom. The molecule has 4 heteroatoms. The Kier molecular flexibility index (Phi) is 5.48. The predicted octanol–water partition coefficient (Wildman–Crippen LogP) is 3.96. The van der Waals surface area contributed by atoms with E-state index in [1.54, 1.807) is 23.6 Å². The molecule has 2 aromatic rings. The first-order valence-corrected chi connectivity index (χ1v) is 7.55. The van der Waals surface area contributed by atoms with Gasteiger partial charge in [0.15, 0.2) is 0 Å². The number of rotatable bonds is 7. The van der Waals surface area contributed by atoms with Crippen LogP contribution in [0.15, 0.2) is 35.8 Å². The zero-order chi connectivity index (χ0) is 13.5. The summed E-state index contributed by atoms with van der Waals surface area (Å²) in [7, 11) is 0. The second-order valence-electron chi connectivity index (χ2n) is 4.50. The van der Waals surface area contributed by atoms with Gasteiger partial charge in [0.25, 0.3) is 0 Å². The van der Waals surface area contributed by atoms with Gasteiger partial charge in [-0.3, -0.25) is 4.98 Å². The molecule has 0 amide bonds. The average Bonchev–Trinajstić information content (AvgIpc) is 2.93. The van der Waals surface area contributed by atoms with E-state index < -0.39 is 0 Å². The van der Waals surface area contributed by atoms with Crippen LogP contribution >= 0.6 is 11.3 Å². The number of pyridine rings is 1. The van der Waals surface area contributed by atoms with Crippen molar-refractivity contribution in [3.8, 4) is 0 Å². The van der Waals surface area contributed by atoms with Gasteiger partial charge in [0.1, 0.15) is 5.82 Å². The molecule has 2 aromatic heterocycles. The monoisotopic (exact) mass is 278 g/mol. The van der Waals surface area contributed by atoms with Crippen LogP contribution < -0.4 is 5.32 Å². The van der Waals surface area contributed by atoms with E-state index in [-0.39, 0.29) is 11.9 Å². The van der Waals surface area contributed by atoms with Crippen molar-refractivity contribution in [2.75, 3.05) is 6.54 Å². The van der Waals surface area contributed by atoms with Crippen LogP contribution in [0.5, 0.6) is 0 Å². The van der Waals surface area contributed by atoms with Crippen LogP contribution in [-0.4, -0.2) is 11.5 Å². The van der Waals surface area contributed by atoms with E-state index in [0.717, 1.165) is 25.8 Å². The van der Waals surface area contributed by atoms with Gasteiger partial charge in [0.2, 0.25) is 0 Å². The maximum Gasteiger partial charge on any atom is 0.146 e. The summed E-state index contributed by atoms with van der Waals surface area (Å²) < 4.78 is 13.8. The number of aryl methyl sites for hydroxylation is 1. The van der Waals surface area contributed by atoms with Crippen LogP contribution in [-0.2, 0) is 6.42 Å². The van der Waals surface area contributed by atoms with Crippen molar-refractivity contribution < 1.29 is 4.39 Å². The van der Waals surface area contributed by atoms with E-state index >= 15 is 0 Å². The highest BCUT2D eigenvalue weighted by Gasteiger charge is 2.16. The highest BCUT2D eigenvalue weighted by atomic mass is 32.1. The molecule has 0 spiro atoms. The van der Waals surface area contributed by atoms with Crippen LogP contribution in [0.1, 0.15) is 36.4 Å². The largest absolute Gasteiger partial charge is 0.309 e. The third-order valence-electron chi connectivity index (χ3n) is 3.02. The Hall–Kier alpha value is -1.26. The molecule has 1 unspecified atom stereocenters. The Bertz CT molecular complexity index is 485. The van der Waals surface area contributed by atoms with Gasteiger partial charge in [-0.2, -0.15) is 0 Å². The van der Waals surface area contributed by atoms with Gasteiger partial charge in [-0.15, -0.1) is 11.3 Å². The summed E-state index contributed by atoms with van der Waals surface area (Å²) in [5.74, 6) is -0.220. The van der Waals surface area contributed by atoms with Gasteiger partial charge in [-0.1, -0.05) is 13.0 Å². The summed E-state index contributed by atoms with van der Waals surface area (Å²) in [6.45, 7) is 2.99. The quantitative estimate of drug-likeness (QED) is 0.829. The molecule has 0 radical (unpaired) electrons. The molecule has 0 aromatic carbocycles. The number of thiophene rings is 1. The van der Waals surface area contributed by atoms with Crippen LogP contribution in [0.25, 0.3) is 0 Å². The molecule has 2 nitrogen and oxygen atoms in total. The molecule has 0 aliphatic carbocycles. The number of halogens is 1. The summed E-state index contributed by atoms with van der Waals surface area (Å²) in [5, 5.41) is 5.47. The minimum Gasteiger partial charge on any atom is -0.309 e. The number of hydrogen-bond donors (Lipinski definition) is 1. The lowest BCUT2D eigenvalue weighted by Gasteiger charge is -2.18. The van der Waals surface area contributed by atoms with E-state index in [4.69, 9.17) is 0 Å². The minimum atomic E-state index is -0.220. The third-order valence-corrected chi connectivity index (χ3v) is 3.95. The molecular formula is C15H19FN2S. The van der Waals surface area contributed by atoms with Crippen molar-refractivity contribution in [3.63, 3.8) is 0 Å². The molecule has 2 rings (SSSR count). The highest BCUT2D eigenvalue weighted by Crippen LogP contribution is 2.21. The molecule has 0 aliphatic heterocycles. The number of nitrogens with zero attached hydrogens (tertiary/aromatic N) is 1. The third kappa shape index (κ3) is 4.11. The van der Waals surface area contributed by atoms with Crippen LogP contribution in [0.3, 0.4) is 0 Å². The van der Waals surface area contributed by atoms with Gasteiger partial charge >= 0.3 is 0 Å². The summed E-state index contributed by atoms with van der Waals surface area (Å²) in [4.78, 5) is 5.53. The Morgan fingerprint density at radius 3 is 2.95 bits per heavy atom. The summed E-state index contributed by atoms with van der Waals surface area (Å²) >= 11 is 1.75. The maximum absolute atomic E-state index is 13.8. The van der Waals surface area contributed by atoms with E-state index in [1.807, 2.05) is 0 Å². The molecule has 0 saturated heterocycles. The second kappa shape index (κ2) is 7.36. The Labute approximate surface area is 117 Å². The summed E-state index contributed by atoms with van der Waals surface area (Å²) in [6.07, 6.45) is 4.51. The zero-order valence-electron chi connectivity index (χ0n) is 11.1. The van der Waals surface area contributed by atoms with Crippen LogP contribution in [0.2, 0.25) is 0 Å². The smallest absolute Gasteiger partial charge is 0.146 e. The number of nitrogens with one attached hydrogen (secondary N) is 1. The molecule has 0 aliphatic rings. The van der Waals surface area contributed by atoms with Gasteiger partial charge < -0.3 is 5.32 Å². The molecule has 0 saturated carbocycles. The van der Waals surface area contributed by atoms with Gasteiger partial charge in [0.05, 0.1) is 11.7 Å². The van der Waals surface area contributed by atoms with E-state index in [1.165, 1.54) is 10.9 Å². The Balaban J connectivity index is 2.05. The average molecular weight is 278 g/mol. The molecule has 1 atom stereocenters. The standard InChI is InChI=1S/C15H19FN2S/c1-2-9-17-14(8-7-12-5-4-11-19-12)15-13(16)6-3-10-18-15/h3-6,10-11,14,17H,2,7-9H2,1H3. The van der Waals surface area contributed by atoms with Gasteiger partial charge in [-0.05, 0) is 49.4 Å². The molecule has 19 heavy (non-hydrogen) atoms. The SMILES string of the molecule is CCCNC(CCc1cccs1)c1ncccc1F. The first-order chi connectivity index (χ1) is 9.31. The van der Waals surface area contributed by atoms with Crippen LogP contribution in [0, 0.1) is 5.82 Å². The second-order valence-corrected chi connectivity index (χ2v) is 5.53. The molecule has 2 heterocycles. The predicted molar refractivity (Wildman–Crippen MR) is 77.9 cm³/mol.